The Bertz CT molecular complexity index is 1370. The molecule has 2 saturated heterocycles. The fourth-order valence-electron chi connectivity index (χ4n) is 5.10. The summed E-state index contributed by atoms with van der Waals surface area (Å²) in [5.74, 6) is -1.19. The molecule has 2 fully saturated rings. The number of carboxylic acid groups (broad SMARTS) is 1. The second-order valence-corrected chi connectivity index (χ2v) is 10.2. The highest BCUT2D eigenvalue weighted by Gasteiger charge is 2.47. The van der Waals surface area contributed by atoms with Crippen LogP contribution in [-0.2, 0) is 4.79 Å². The van der Waals surface area contributed by atoms with Gasteiger partial charge in [-0.05, 0) is 38.0 Å². The number of halogens is 4. The van der Waals surface area contributed by atoms with Crippen LogP contribution in [-0.4, -0.2) is 62.7 Å². The Morgan fingerprint density at radius 2 is 2.11 bits per heavy atom. The number of hydrogen-bond acceptors (Lipinski definition) is 8. The average molecular weight is 552 g/mol. The number of carbonyl (C=O) groups is 1. The molecular weight excluding hydrogens is 527 g/mol. The number of rotatable bonds is 6. The van der Waals surface area contributed by atoms with E-state index in [0.717, 1.165) is 0 Å². The predicted octanol–water partition coefficient (Wildman–Crippen LogP) is 3.53. The van der Waals surface area contributed by atoms with Crippen molar-refractivity contribution in [2.45, 2.75) is 38.1 Å². The molecule has 4 heterocycles. The molecule has 2 aliphatic rings. The number of aliphatic carboxylic acids is 1. The number of aromatic nitrogens is 4. The summed E-state index contributed by atoms with van der Waals surface area (Å²) in [6, 6.07) is 6.32. The molecule has 2 aromatic heterocycles. The van der Waals surface area contributed by atoms with Crippen molar-refractivity contribution in [3.05, 3.63) is 52.8 Å². The molecule has 0 saturated carbocycles. The third-order valence-electron chi connectivity index (χ3n) is 6.91. The normalized spacial score (nSPS) is 22.2. The first-order valence-electron chi connectivity index (χ1n) is 11.8. The summed E-state index contributed by atoms with van der Waals surface area (Å²) in [5.41, 5.74) is 6.11. The first kappa shape index (κ1) is 26.0. The van der Waals surface area contributed by atoms with Gasteiger partial charge < -0.3 is 25.8 Å². The number of aryl methyl sites for hydroxylation is 1. The number of nitrogen functional groups attached to an aromatic ring is 1. The summed E-state index contributed by atoms with van der Waals surface area (Å²) >= 11 is 6.10. The number of anilines is 2. The Labute approximate surface area is 220 Å². The summed E-state index contributed by atoms with van der Waals surface area (Å²) in [5, 5.41) is 16.8. The molecule has 202 valence electrons. The maximum Gasteiger partial charge on any atom is 0.429 e. The Morgan fingerprint density at radius 3 is 2.76 bits per heavy atom. The van der Waals surface area contributed by atoms with Crippen LogP contribution in [0, 0.1) is 12.3 Å². The average Bonchev–Trinajstić information content (AvgIpc) is 3.57. The van der Waals surface area contributed by atoms with Crippen molar-refractivity contribution in [1.82, 2.24) is 25.1 Å². The minimum atomic E-state index is -4.82. The van der Waals surface area contributed by atoms with Crippen LogP contribution in [0.15, 0.2) is 36.5 Å². The highest BCUT2D eigenvalue weighted by molar-refractivity contribution is 6.30. The van der Waals surface area contributed by atoms with Crippen molar-refractivity contribution in [2.75, 3.05) is 30.3 Å². The van der Waals surface area contributed by atoms with Crippen LogP contribution >= 0.6 is 11.6 Å². The lowest BCUT2D eigenvalue weighted by Crippen LogP contribution is -2.30. The lowest BCUT2D eigenvalue weighted by molar-refractivity contribution is -0.198. The van der Waals surface area contributed by atoms with Crippen LogP contribution in [0.1, 0.15) is 30.2 Å². The number of nitrogens with two attached hydrogens (primary N) is 1. The van der Waals surface area contributed by atoms with E-state index in [0.29, 0.717) is 44.0 Å². The van der Waals surface area contributed by atoms with Gasteiger partial charge in [0.25, 0.3) is 0 Å². The third-order valence-corrected chi connectivity index (χ3v) is 7.14. The first-order chi connectivity index (χ1) is 17.9. The molecule has 1 aromatic carbocycles. The Morgan fingerprint density at radius 1 is 1.32 bits per heavy atom. The summed E-state index contributed by atoms with van der Waals surface area (Å²) in [6.07, 6.45) is -4.53. The number of carboxylic acids is 1. The Hall–Kier alpha value is -3.58. The molecule has 0 bridgehead atoms. The van der Waals surface area contributed by atoms with Crippen LogP contribution in [0.25, 0.3) is 5.69 Å². The van der Waals surface area contributed by atoms with Crippen molar-refractivity contribution in [3.63, 3.8) is 0 Å². The molecule has 5 rings (SSSR count). The maximum atomic E-state index is 14.4. The summed E-state index contributed by atoms with van der Waals surface area (Å²) in [6.45, 7) is 3.25. The molecule has 3 atom stereocenters. The zero-order valence-corrected chi connectivity index (χ0v) is 21.0. The van der Waals surface area contributed by atoms with Gasteiger partial charge in [-0.1, -0.05) is 17.7 Å². The van der Waals surface area contributed by atoms with Gasteiger partial charge in [0.05, 0.1) is 11.4 Å². The molecule has 10 nitrogen and oxygen atoms in total. The number of ether oxygens (including phenoxy) is 1. The molecule has 0 amide bonds. The van der Waals surface area contributed by atoms with E-state index in [4.69, 9.17) is 22.1 Å². The Kier molecular flexibility index (Phi) is 6.59. The number of hydrogen-bond donors (Lipinski definition) is 3. The van der Waals surface area contributed by atoms with Crippen molar-refractivity contribution in [1.29, 1.82) is 0 Å². The van der Waals surface area contributed by atoms with Crippen molar-refractivity contribution in [2.24, 2.45) is 5.41 Å². The van der Waals surface area contributed by atoms with E-state index in [2.05, 4.69) is 20.4 Å². The largest absolute Gasteiger partial charge is 0.480 e. The minimum absolute atomic E-state index is 0.110. The quantitative estimate of drug-likeness (QED) is 0.421. The lowest BCUT2D eigenvalue weighted by atomic mass is 9.85. The minimum Gasteiger partial charge on any atom is -0.480 e. The summed E-state index contributed by atoms with van der Waals surface area (Å²) in [4.78, 5) is 21.4. The summed E-state index contributed by atoms with van der Waals surface area (Å²) < 4.78 is 49.9. The van der Waals surface area contributed by atoms with Gasteiger partial charge in [0.1, 0.15) is 11.9 Å². The van der Waals surface area contributed by atoms with E-state index in [-0.39, 0.29) is 33.5 Å². The molecule has 2 unspecified atom stereocenters. The van der Waals surface area contributed by atoms with Crippen LogP contribution in [0.3, 0.4) is 0 Å². The van der Waals surface area contributed by atoms with E-state index in [1.165, 1.54) is 35.1 Å². The maximum absolute atomic E-state index is 14.4. The predicted molar refractivity (Wildman–Crippen MR) is 132 cm³/mol. The highest BCUT2D eigenvalue weighted by Crippen LogP contribution is 2.42. The Balaban J connectivity index is 1.44. The van der Waals surface area contributed by atoms with Crippen molar-refractivity contribution < 1.29 is 27.8 Å². The zero-order valence-electron chi connectivity index (χ0n) is 20.2. The van der Waals surface area contributed by atoms with E-state index < -0.39 is 24.3 Å². The number of nitrogens with one attached hydrogen (secondary N) is 1. The van der Waals surface area contributed by atoms with Crippen LogP contribution in [0.4, 0.5) is 24.9 Å². The van der Waals surface area contributed by atoms with Gasteiger partial charge in [0, 0.05) is 47.9 Å². The van der Waals surface area contributed by atoms with Gasteiger partial charge in [-0.2, -0.15) is 28.2 Å². The van der Waals surface area contributed by atoms with Gasteiger partial charge in [0.15, 0.2) is 0 Å². The standard InChI is InChI=1S/C24H25ClF3N7O3/c1-13-4-6-35(33-13)17-8-14(25)2-3-15(17)20(24(26,27)28)38-19-9-18(31-22(29)32-19)34-7-5-23(12-34)10-16(21(36)37)30-11-23/h2-4,6,8-9,16,20,30H,5,7,10-12H2,1H3,(H,36,37)(H2,29,31,32)/t16?,20-,23?/m1/s1. The second-order valence-electron chi connectivity index (χ2n) is 9.71. The van der Waals surface area contributed by atoms with Crippen LogP contribution in [0.2, 0.25) is 5.02 Å². The van der Waals surface area contributed by atoms with Crippen LogP contribution in [0.5, 0.6) is 5.88 Å². The summed E-state index contributed by atoms with van der Waals surface area (Å²) in [7, 11) is 0. The molecule has 1 spiro atoms. The highest BCUT2D eigenvalue weighted by atomic mass is 35.5. The number of alkyl halides is 3. The van der Waals surface area contributed by atoms with Gasteiger partial charge in [0.2, 0.25) is 17.9 Å². The van der Waals surface area contributed by atoms with E-state index >= 15 is 0 Å². The molecule has 38 heavy (non-hydrogen) atoms. The van der Waals surface area contributed by atoms with Crippen LogP contribution < -0.4 is 20.7 Å². The van der Waals surface area contributed by atoms with Gasteiger partial charge in [-0.15, -0.1) is 0 Å². The second kappa shape index (κ2) is 9.62. The zero-order chi connectivity index (χ0) is 27.2. The van der Waals surface area contributed by atoms with Gasteiger partial charge in [-0.3, -0.25) is 4.79 Å². The molecule has 4 N–H and O–H groups in total. The molecule has 14 heteroatoms. The van der Waals surface area contributed by atoms with Gasteiger partial charge >= 0.3 is 12.1 Å². The molecule has 3 aromatic rings. The van der Waals surface area contributed by atoms with E-state index in [1.54, 1.807) is 13.0 Å². The van der Waals surface area contributed by atoms with E-state index in [9.17, 15) is 23.1 Å². The fourth-order valence-corrected chi connectivity index (χ4v) is 5.27. The molecule has 2 aliphatic heterocycles. The fraction of sp³-hybridized carbons (Fsp3) is 0.417. The van der Waals surface area contributed by atoms with Gasteiger partial charge in [-0.25, -0.2) is 4.68 Å². The third kappa shape index (κ3) is 5.20. The van der Waals surface area contributed by atoms with Crippen molar-refractivity contribution in [3.8, 4) is 11.6 Å². The molecule has 0 radical (unpaired) electrons. The molecule has 0 aliphatic carbocycles. The van der Waals surface area contributed by atoms with Crippen molar-refractivity contribution >= 4 is 29.3 Å². The molecular formula is C24H25ClF3N7O3. The monoisotopic (exact) mass is 551 g/mol. The smallest absolute Gasteiger partial charge is 0.429 e. The lowest BCUT2D eigenvalue weighted by Gasteiger charge is -2.26. The number of nitrogens with zero attached hydrogens (tertiary/aromatic N) is 5. The SMILES string of the molecule is Cc1ccn(-c2cc(Cl)ccc2[C@@H](Oc2cc(N3CCC4(CNC(C(=O)O)C4)C3)nc(N)n2)C(F)(F)F)n1. The number of benzene rings is 1. The van der Waals surface area contributed by atoms with E-state index in [1.807, 2.05) is 4.90 Å². The topological polar surface area (TPSA) is 131 Å². The first-order valence-corrected chi connectivity index (χ1v) is 12.2.